The van der Waals surface area contributed by atoms with E-state index in [1.54, 1.807) is 30.1 Å². The molecule has 0 bridgehead atoms. The van der Waals surface area contributed by atoms with Gasteiger partial charge < -0.3 is 10.6 Å². The number of nitrogens with zero attached hydrogens (tertiary/aromatic N) is 2. The van der Waals surface area contributed by atoms with Crippen LogP contribution in [0.25, 0.3) is 0 Å². The standard InChI is InChI=1S/C10H16N4O2S2/c1-11-10(6-14(15)16)12-3-5-17-4-2-9-7-18-8-13-9/h6-8,11-12H,2-5H2,1H3. The van der Waals surface area contributed by atoms with Crippen molar-refractivity contribution in [1.29, 1.82) is 0 Å². The lowest BCUT2D eigenvalue weighted by atomic mass is 10.4. The van der Waals surface area contributed by atoms with E-state index in [0.29, 0.717) is 12.4 Å². The van der Waals surface area contributed by atoms with Gasteiger partial charge in [-0.2, -0.15) is 11.8 Å². The number of aromatic nitrogens is 1. The molecule has 1 aromatic heterocycles. The van der Waals surface area contributed by atoms with Gasteiger partial charge in [-0.1, -0.05) is 0 Å². The molecule has 1 heterocycles. The van der Waals surface area contributed by atoms with E-state index in [1.807, 2.05) is 5.51 Å². The second-order valence-corrected chi connectivity index (χ2v) is 5.29. The molecule has 0 aliphatic heterocycles. The number of thioether (sulfide) groups is 1. The summed E-state index contributed by atoms with van der Waals surface area (Å²) in [6.45, 7) is 0.697. The zero-order valence-corrected chi connectivity index (χ0v) is 11.7. The van der Waals surface area contributed by atoms with Gasteiger partial charge in [-0.15, -0.1) is 11.3 Å². The van der Waals surface area contributed by atoms with Crippen molar-refractivity contribution < 1.29 is 4.92 Å². The van der Waals surface area contributed by atoms with E-state index in [-0.39, 0.29) is 0 Å². The fourth-order valence-electron chi connectivity index (χ4n) is 1.20. The van der Waals surface area contributed by atoms with E-state index < -0.39 is 4.92 Å². The highest BCUT2D eigenvalue weighted by atomic mass is 32.2. The molecule has 0 saturated carbocycles. The lowest BCUT2D eigenvalue weighted by Gasteiger charge is -2.07. The van der Waals surface area contributed by atoms with E-state index in [0.717, 1.165) is 29.8 Å². The summed E-state index contributed by atoms with van der Waals surface area (Å²) in [7, 11) is 1.65. The van der Waals surface area contributed by atoms with Crippen LogP contribution in [0.15, 0.2) is 22.9 Å². The first-order valence-corrected chi connectivity index (χ1v) is 7.54. The Kier molecular flexibility index (Phi) is 7.19. The topological polar surface area (TPSA) is 80.1 Å². The van der Waals surface area contributed by atoms with Crippen LogP contribution >= 0.6 is 23.1 Å². The van der Waals surface area contributed by atoms with Gasteiger partial charge in [-0.05, 0) is 12.2 Å². The minimum atomic E-state index is -0.478. The van der Waals surface area contributed by atoms with Gasteiger partial charge in [0, 0.05) is 24.7 Å². The Labute approximate surface area is 114 Å². The highest BCUT2D eigenvalue weighted by molar-refractivity contribution is 7.99. The lowest BCUT2D eigenvalue weighted by molar-refractivity contribution is -0.404. The second kappa shape index (κ2) is 8.76. The van der Waals surface area contributed by atoms with Gasteiger partial charge in [-0.3, -0.25) is 10.1 Å². The van der Waals surface area contributed by atoms with Crippen molar-refractivity contribution in [3.8, 4) is 0 Å². The Morgan fingerprint density at radius 3 is 3.11 bits per heavy atom. The third-order valence-corrected chi connectivity index (χ3v) is 3.67. The Balaban J connectivity index is 2.06. The molecule has 2 N–H and O–H groups in total. The summed E-state index contributed by atoms with van der Waals surface area (Å²) in [6.07, 6.45) is 1.90. The molecule has 0 radical (unpaired) electrons. The van der Waals surface area contributed by atoms with Gasteiger partial charge in [0.1, 0.15) is 0 Å². The summed E-state index contributed by atoms with van der Waals surface area (Å²) in [5, 5.41) is 18.0. The van der Waals surface area contributed by atoms with E-state index in [4.69, 9.17) is 0 Å². The van der Waals surface area contributed by atoms with Crippen LogP contribution in [0.5, 0.6) is 0 Å². The first kappa shape index (κ1) is 14.8. The predicted octanol–water partition coefficient (Wildman–Crippen LogP) is 1.30. The molecule has 0 aliphatic rings. The van der Waals surface area contributed by atoms with Gasteiger partial charge in [0.05, 0.1) is 16.1 Å². The van der Waals surface area contributed by atoms with E-state index >= 15 is 0 Å². The minimum Gasteiger partial charge on any atom is -0.370 e. The highest BCUT2D eigenvalue weighted by Gasteiger charge is 1.99. The van der Waals surface area contributed by atoms with Crippen LogP contribution in [0.3, 0.4) is 0 Å². The normalized spacial score (nSPS) is 11.3. The molecular formula is C10H16N4O2S2. The van der Waals surface area contributed by atoms with Crippen molar-refractivity contribution in [2.75, 3.05) is 25.1 Å². The fourth-order valence-corrected chi connectivity index (χ4v) is 2.60. The third-order valence-electron chi connectivity index (χ3n) is 2.05. The molecule has 0 saturated heterocycles. The van der Waals surface area contributed by atoms with Crippen LogP contribution in [0.1, 0.15) is 5.69 Å². The number of thiazole rings is 1. The lowest BCUT2D eigenvalue weighted by Crippen LogP contribution is -2.26. The summed E-state index contributed by atoms with van der Waals surface area (Å²) < 4.78 is 0. The zero-order valence-electron chi connectivity index (χ0n) is 10.1. The molecule has 0 atom stereocenters. The molecular weight excluding hydrogens is 272 g/mol. The first-order chi connectivity index (χ1) is 8.72. The summed E-state index contributed by atoms with van der Waals surface area (Å²) >= 11 is 3.41. The molecule has 18 heavy (non-hydrogen) atoms. The fraction of sp³-hybridized carbons (Fsp3) is 0.500. The number of nitrogens with one attached hydrogen (secondary N) is 2. The number of aryl methyl sites for hydroxylation is 1. The van der Waals surface area contributed by atoms with Crippen molar-refractivity contribution in [1.82, 2.24) is 15.6 Å². The molecule has 0 aliphatic carbocycles. The van der Waals surface area contributed by atoms with E-state index in [9.17, 15) is 10.1 Å². The smallest absolute Gasteiger partial charge is 0.274 e. The van der Waals surface area contributed by atoms with Crippen molar-refractivity contribution in [3.05, 3.63) is 38.7 Å². The summed E-state index contributed by atoms with van der Waals surface area (Å²) in [5.74, 6) is 2.35. The third kappa shape index (κ3) is 6.45. The van der Waals surface area contributed by atoms with Gasteiger partial charge in [0.25, 0.3) is 6.20 Å². The Morgan fingerprint density at radius 1 is 1.67 bits per heavy atom. The van der Waals surface area contributed by atoms with E-state index in [2.05, 4.69) is 21.0 Å². The molecule has 0 amide bonds. The Morgan fingerprint density at radius 2 is 2.50 bits per heavy atom. The number of hydrogen-bond acceptors (Lipinski definition) is 7. The van der Waals surface area contributed by atoms with Gasteiger partial charge in [0.2, 0.25) is 0 Å². The monoisotopic (exact) mass is 288 g/mol. The number of hydrogen-bond donors (Lipinski definition) is 2. The van der Waals surface area contributed by atoms with Crippen LogP contribution in [0, 0.1) is 10.1 Å². The molecule has 0 unspecified atom stereocenters. The number of rotatable bonds is 9. The van der Waals surface area contributed by atoms with Crippen LogP contribution in [0.2, 0.25) is 0 Å². The van der Waals surface area contributed by atoms with Crippen molar-refractivity contribution in [3.63, 3.8) is 0 Å². The quantitative estimate of drug-likeness (QED) is 0.405. The SMILES string of the molecule is CNC(=C[N+](=O)[O-])NCCSCCc1cscn1. The molecule has 6 nitrogen and oxygen atoms in total. The second-order valence-electron chi connectivity index (χ2n) is 3.35. The molecule has 1 rings (SSSR count). The minimum absolute atomic E-state index is 0.431. The number of nitro groups is 1. The average Bonchev–Trinajstić information content (AvgIpc) is 2.84. The van der Waals surface area contributed by atoms with Crippen LogP contribution < -0.4 is 10.6 Å². The molecule has 0 aromatic carbocycles. The molecule has 8 heteroatoms. The van der Waals surface area contributed by atoms with Crippen molar-refractivity contribution >= 4 is 23.1 Å². The highest BCUT2D eigenvalue weighted by Crippen LogP contribution is 2.06. The van der Waals surface area contributed by atoms with Crippen LogP contribution in [-0.2, 0) is 6.42 Å². The van der Waals surface area contributed by atoms with Crippen LogP contribution in [0.4, 0.5) is 0 Å². The van der Waals surface area contributed by atoms with Gasteiger partial charge in [0.15, 0.2) is 5.82 Å². The summed E-state index contributed by atoms with van der Waals surface area (Å²) in [5.41, 5.74) is 2.97. The van der Waals surface area contributed by atoms with Crippen molar-refractivity contribution in [2.24, 2.45) is 0 Å². The largest absolute Gasteiger partial charge is 0.370 e. The maximum atomic E-state index is 10.3. The molecule has 0 spiro atoms. The van der Waals surface area contributed by atoms with Gasteiger partial charge >= 0.3 is 0 Å². The Bertz CT molecular complexity index is 381. The molecule has 100 valence electrons. The van der Waals surface area contributed by atoms with E-state index in [1.165, 1.54) is 0 Å². The van der Waals surface area contributed by atoms with Crippen LogP contribution in [-0.4, -0.2) is 35.0 Å². The predicted molar refractivity (Wildman–Crippen MR) is 75.3 cm³/mol. The molecule has 0 fully saturated rings. The maximum Gasteiger partial charge on any atom is 0.274 e. The average molecular weight is 288 g/mol. The first-order valence-electron chi connectivity index (χ1n) is 5.44. The van der Waals surface area contributed by atoms with Gasteiger partial charge in [-0.25, -0.2) is 4.98 Å². The van der Waals surface area contributed by atoms with Crippen molar-refractivity contribution in [2.45, 2.75) is 6.42 Å². The maximum absolute atomic E-state index is 10.3. The Hall–Kier alpha value is -1.28. The zero-order chi connectivity index (χ0) is 13.2. The summed E-state index contributed by atoms with van der Waals surface area (Å²) in [4.78, 5) is 14.0. The molecule has 1 aromatic rings. The summed E-state index contributed by atoms with van der Waals surface area (Å²) in [6, 6.07) is 0.